The average Bonchev–Trinajstić information content (AvgIpc) is 2.30. The van der Waals surface area contributed by atoms with Gasteiger partial charge in [-0.05, 0) is 30.2 Å². The highest BCUT2D eigenvalue weighted by atomic mass is 16.3. The number of primary amides is 1. The minimum absolute atomic E-state index is 0.192. The number of nitrogens with two attached hydrogens (primary N) is 1. The lowest BCUT2D eigenvalue weighted by atomic mass is 9.95. The number of aromatic hydroxyl groups is 1. The van der Waals surface area contributed by atoms with Gasteiger partial charge in [-0.2, -0.15) is 0 Å². The molecule has 86 valence electrons. The minimum atomic E-state index is -0.459. The van der Waals surface area contributed by atoms with Gasteiger partial charge in [-0.1, -0.05) is 30.3 Å². The van der Waals surface area contributed by atoms with Crippen molar-refractivity contribution >= 4 is 5.91 Å². The van der Waals surface area contributed by atoms with Gasteiger partial charge in [0.15, 0.2) is 0 Å². The van der Waals surface area contributed by atoms with Crippen molar-refractivity contribution in [1.29, 1.82) is 0 Å². The Hall–Kier alpha value is -2.29. The number of hydrogen-bond donors (Lipinski definition) is 2. The SMILES string of the molecule is Cc1c(C(N)=O)cccc1-c1ccccc1O. The van der Waals surface area contributed by atoms with E-state index in [0.29, 0.717) is 11.1 Å². The summed E-state index contributed by atoms with van der Waals surface area (Å²) in [6.45, 7) is 1.82. The van der Waals surface area contributed by atoms with Gasteiger partial charge < -0.3 is 10.8 Å². The quantitative estimate of drug-likeness (QED) is 0.827. The van der Waals surface area contributed by atoms with E-state index in [1.54, 1.807) is 24.3 Å². The number of phenolic OH excluding ortho intramolecular Hbond substituents is 1. The third-order valence-electron chi connectivity index (χ3n) is 2.79. The zero-order chi connectivity index (χ0) is 12.4. The number of phenols is 1. The number of amides is 1. The summed E-state index contributed by atoms with van der Waals surface area (Å²) >= 11 is 0. The van der Waals surface area contributed by atoms with Crippen LogP contribution in [0.5, 0.6) is 5.75 Å². The number of rotatable bonds is 2. The molecule has 2 aromatic carbocycles. The first-order valence-corrected chi connectivity index (χ1v) is 5.29. The van der Waals surface area contributed by atoms with E-state index in [9.17, 15) is 9.90 Å². The molecule has 0 aromatic heterocycles. The molecule has 0 radical (unpaired) electrons. The average molecular weight is 227 g/mol. The molecule has 2 aromatic rings. The van der Waals surface area contributed by atoms with Crippen molar-refractivity contribution in [3.05, 3.63) is 53.6 Å². The van der Waals surface area contributed by atoms with Gasteiger partial charge >= 0.3 is 0 Å². The maximum absolute atomic E-state index is 11.2. The van der Waals surface area contributed by atoms with Crippen molar-refractivity contribution in [3.8, 4) is 16.9 Å². The normalized spacial score (nSPS) is 10.2. The monoisotopic (exact) mass is 227 g/mol. The van der Waals surface area contributed by atoms with E-state index in [1.165, 1.54) is 0 Å². The lowest BCUT2D eigenvalue weighted by Gasteiger charge is -2.10. The largest absolute Gasteiger partial charge is 0.507 e. The van der Waals surface area contributed by atoms with Crippen LogP contribution in [-0.4, -0.2) is 11.0 Å². The van der Waals surface area contributed by atoms with E-state index in [2.05, 4.69) is 0 Å². The molecule has 0 aliphatic heterocycles. The van der Waals surface area contributed by atoms with Crippen LogP contribution < -0.4 is 5.73 Å². The Kier molecular flexibility index (Phi) is 2.83. The maximum Gasteiger partial charge on any atom is 0.248 e. The number of hydrogen-bond acceptors (Lipinski definition) is 2. The second kappa shape index (κ2) is 4.29. The van der Waals surface area contributed by atoms with Crippen LogP contribution in [-0.2, 0) is 0 Å². The molecular formula is C14H13NO2. The molecule has 17 heavy (non-hydrogen) atoms. The Balaban J connectivity index is 2.65. The summed E-state index contributed by atoms with van der Waals surface area (Å²) in [6, 6.07) is 12.3. The molecule has 0 aliphatic rings. The maximum atomic E-state index is 11.2. The van der Waals surface area contributed by atoms with E-state index in [1.807, 2.05) is 25.1 Å². The van der Waals surface area contributed by atoms with Crippen molar-refractivity contribution in [2.75, 3.05) is 0 Å². The summed E-state index contributed by atoms with van der Waals surface area (Å²) in [5.41, 5.74) is 8.08. The molecule has 0 bridgehead atoms. The third kappa shape index (κ3) is 1.99. The number of para-hydroxylation sites is 1. The van der Waals surface area contributed by atoms with Gasteiger partial charge in [0.25, 0.3) is 0 Å². The van der Waals surface area contributed by atoms with Crippen LogP contribution >= 0.6 is 0 Å². The molecule has 0 saturated heterocycles. The van der Waals surface area contributed by atoms with Gasteiger partial charge in [0, 0.05) is 11.1 Å². The fraction of sp³-hybridized carbons (Fsp3) is 0.0714. The van der Waals surface area contributed by atoms with Crippen LogP contribution in [0.3, 0.4) is 0 Å². The molecule has 0 atom stereocenters. The third-order valence-corrected chi connectivity index (χ3v) is 2.79. The van der Waals surface area contributed by atoms with Gasteiger partial charge in [-0.3, -0.25) is 4.79 Å². The molecule has 0 heterocycles. The predicted octanol–water partition coefficient (Wildman–Crippen LogP) is 2.47. The Morgan fingerprint density at radius 1 is 1.06 bits per heavy atom. The summed E-state index contributed by atoms with van der Waals surface area (Å²) in [7, 11) is 0. The first-order chi connectivity index (χ1) is 8.11. The minimum Gasteiger partial charge on any atom is -0.507 e. The Bertz CT molecular complexity index is 576. The zero-order valence-electron chi connectivity index (χ0n) is 9.47. The second-order valence-electron chi connectivity index (χ2n) is 3.86. The molecule has 0 spiro atoms. The van der Waals surface area contributed by atoms with Crippen LogP contribution in [0.2, 0.25) is 0 Å². The van der Waals surface area contributed by atoms with Crippen molar-refractivity contribution < 1.29 is 9.90 Å². The molecule has 0 unspecified atom stereocenters. The molecule has 3 N–H and O–H groups in total. The lowest BCUT2D eigenvalue weighted by Crippen LogP contribution is -2.12. The summed E-state index contributed by atoms with van der Waals surface area (Å²) in [5, 5.41) is 9.80. The van der Waals surface area contributed by atoms with Gasteiger partial charge in [0.1, 0.15) is 5.75 Å². The topological polar surface area (TPSA) is 63.3 Å². The lowest BCUT2D eigenvalue weighted by molar-refractivity contribution is 0.1000. The van der Waals surface area contributed by atoms with Crippen molar-refractivity contribution in [3.63, 3.8) is 0 Å². The molecule has 3 heteroatoms. The van der Waals surface area contributed by atoms with Gasteiger partial charge in [-0.25, -0.2) is 0 Å². The van der Waals surface area contributed by atoms with E-state index in [-0.39, 0.29) is 5.75 Å². The molecule has 0 aliphatic carbocycles. The van der Waals surface area contributed by atoms with E-state index in [0.717, 1.165) is 11.1 Å². The molecule has 0 fully saturated rings. The Labute approximate surface area is 99.5 Å². The number of carbonyl (C=O) groups excluding carboxylic acids is 1. The second-order valence-corrected chi connectivity index (χ2v) is 3.86. The fourth-order valence-electron chi connectivity index (χ4n) is 1.90. The first-order valence-electron chi connectivity index (χ1n) is 5.29. The molecular weight excluding hydrogens is 214 g/mol. The molecule has 0 saturated carbocycles. The highest BCUT2D eigenvalue weighted by molar-refractivity contribution is 5.96. The van der Waals surface area contributed by atoms with Crippen LogP contribution in [0.1, 0.15) is 15.9 Å². The number of benzene rings is 2. The van der Waals surface area contributed by atoms with Crippen LogP contribution in [0.4, 0.5) is 0 Å². The highest BCUT2D eigenvalue weighted by Gasteiger charge is 2.11. The van der Waals surface area contributed by atoms with E-state index in [4.69, 9.17) is 5.73 Å². The van der Waals surface area contributed by atoms with Crippen LogP contribution in [0.25, 0.3) is 11.1 Å². The molecule has 3 nitrogen and oxygen atoms in total. The van der Waals surface area contributed by atoms with Crippen molar-refractivity contribution in [2.45, 2.75) is 6.92 Å². The predicted molar refractivity (Wildman–Crippen MR) is 66.8 cm³/mol. The van der Waals surface area contributed by atoms with Crippen molar-refractivity contribution in [2.24, 2.45) is 5.73 Å². The van der Waals surface area contributed by atoms with Crippen LogP contribution in [0.15, 0.2) is 42.5 Å². The molecule has 2 rings (SSSR count). The summed E-state index contributed by atoms with van der Waals surface area (Å²) < 4.78 is 0. The standard InChI is InChI=1S/C14H13NO2/c1-9-10(6-4-7-11(9)14(15)17)12-5-2-3-8-13(12)16/h2-8,16H,1H3,(H2,15,17). The highest BCUT2D eigenvalue weighted by Crippen LogP contribution is 2.32. The zero-order valence-corrected chi connectivity index (χ0v) is 9.47. The van der Waals surface area contributed by atoms with Crippen molar-refractivity contribution in [1.82, 2.24) is 0 Å². The molecule has 1 amide bonds. The van der Waals surface area contributed by atoms with E-state index < -0.39 is 5.91 Å². The van der Waals surface area contributed by atoms with Crippen LogP contribution in [0, 0.1) is 6.92 Å². The fourth-order valence-corrected chi connectivity index (χ4v) is 1.90. The Morgan fingerprint density at radius 2 is 1.71 bits per heavy atom. The Morgan fingerprint density at radius 3 is 2.35 bits per heavy atom. The van der Waals surface area contributed by atoms with Gasteiger partial charge in [0.05, 0.1) is 0 Å². The van der Waals surface area contributed by atoms with Gasteiger partial charge in [0.2, 0.25) is 5.91 Å². The van der Waals surface area contributed by atoms with Gasteiger partial charge in [-0.15, -0.1) is 0 Å². The summed E-state index contributed by atoms with van der Waals surface area (Å²) in [4.78, 5) is 11.2. The summed E-state index contributed by atoms with van der Waals surface area (Å²) in [5.74, 6) is -0.267. The summed E-state index contributed by atoms with van der Waals surface area (Å²) in [6.07, 6.45) is 0. The van der Waals surface area contributed by atoms with E-state index >= 15 is 0 Å². The first kappa shape index (κ1) is 11.2. The smallest absolute Gasteiger partial charge is 0.248 e. The number of carbonyl (C=O) groups is 1.